The molecule has 0 saturated carbocycles. The number of aromatic amines is 1. The third kappa shape index (κ3) is 4.77. The van der Waals surface area contributed by atoms with Crippen molar-refractivity contribution >= 4 is 34.7 Å². The Labute approximate surface area is 133 Å². The van der Waals surface area contributed by atoms with Crippen LogP contribution in [0.2, 0.25) is 0 Å². The van der Waals surface area contributed by atoms with Gasteiger partial charge in [0.2, 0.25) is 5.91 Å². The second kappa shape index (κ2) is 7.84. The number of methoxy groups -OCH3 is 1. The van der Waals surface area contributed by atoms with Crippen LogP contribution in [-0.4, -0.2) is 41.3 Å². The van der Waals surface area contributed by atoms with Crippen LogP contribution in [0.15, 0.2) is 23.4 Å². The summed E-state index contributed by atoms with van der Waals surface area (Å²) in [6, 6.07) is 5.99. The van der Waals surface area contributed by atoms with Crippen molar-refractivity contribution in [2.24, 2.45) is 0 Å². The topological polar surface area (TPSA) is 84.1 Å². The van der Waals surface area contributed by atoms with Crippen molar-refractivity contribution in [3.8, 4) is 0 Å². The smallest absolute Gasteiger partial charge is 0.305 e. The van der Waals surface area contributed by atoms with E-state index in [1.54, 1.807) is 0 Å². The highest BCUT2D eigenvalue weighted by atomic mass is 32.2. The minimum absolute atomic E-state index is 0.0773. The maximum Gasteiger partial charge on any atom is 0.305 e. The van der Waals surface area contributed by atoms with Crippen LogP contribution in [-0.2, 0) is 14.3 Å². The first-order chi connectivity index (χ1) is 10.6. The van der Waals surface area contributed by atoms with E-state index in [1.807, 2.05) is 25.1 Å². The molecule has 7 heteroatoms. The molecular weight excluding hydrogens is 302 g/mol. The minimum Gasteiger partial charge on any atom is -0.469 e. The van der Waals surface area contributed by atoms with Gasteiger partial charge < -0.3 is 15.0 Å². The van der Waals surface area contributed by atoms with Gasteiger partial charge in [0, 0.05) is 13.0 Å². The molecular formula is C15H19N3O3S. The number of benzene rings is 1. The van der Waals surface area contributed by atoms with Gasteiger partial charge in [0.25, 0.3) is 0 Å². The third-order valence-electron chi connectivity index (χ3n) is 3.06. The van der Waals surface area contributed by atoms with Crippen LogP contribution in [0.5, 0.6) is 0 Å². The van der Waals surface area contributed by atoms with E-state index in [1.165, 1.54) is 18.9 Å². The monoisotopic (exact) mass is 321 g/mol. The molecule has 0 fully saturated rings. The number of thioether (sulfide) groups is 1. The fraction of sp³-hybridized carbons (Fsp3) is 0.400. The summed E-state index contributed by atoms with van der Waals surface area (Å²) < 4.78 is 4.53. The molecule has 0 bridgehead atoms. The zero-order valence-electron chi connectivity index (χ0n) is 12.6. The van der Waals surface area contributed by atoms with E-state index in [2.05, 4.69) is 20.0 Å². The lowest BCUT2D eigenvalue weighted by Crippen LogP contribution is -2.26. The van der Waals surface area contributed by atoms with E-state index < -0.39 is 0 Å². The molecule has 22 heavy (non-hydrogen) atoms. The number of rotatable bonds is 7. The first-order valence-electron chi connectivity index (χ1n) is 7.01. The second-order valence-electron chi connectivity index (χ2n) is 4.88. The van der Waals surface area contributed by atoms with Gasteiger partial charge in [-0.1, -0.05) is 17.8 Å². The number of H-pyrrole nitrogens is 1. The van der Waals surface area contributed by atoms with E-state index in [4.69, 9.17) is 0 Å². The molecule has 2 rings (SSSR count). The zero-order valence-corrected chi connectivity index (χ0v) is 13.5. The first kappa shape index (κ1) is 16.4. The maximum atomic E-state index is 11.7. The molecule has 0 aliphatic heterocycles. The average Bonchev–Trinajstić information content (AvgIpc) is 2.91. The number of carbonyl (C=O) groups is 2. The van der Waals surface area contributed by atoms with Gasteiger partial charge in [-0.25, -0.2) is 4.98 Å². The lowest BCUT2D eigenvalue weighted by Gasteiger charge is -2.03. The Hall–Kier alpha value is -2.02. The second-order valence-corrected chi connectivity index (χ2v) is 5.84. The van der Waals surface area contributed by atoms with Gasteiger partial charge in [-0.05, 0) is 31.0 Å². The highest BCUT2D eigenvalue weighted by Crippen LogP contribution is 2.20. The lowest BCUT2D eigenvalue weighted by atomic mass is 10.2. The molecule has 0 unspecified atom stereocenters. The molecule has 1 aromatic carbocycles. The van der Waals surface area contributed by atoms with E-state index in [-0.39, 0.29) is 17.6 Å². The van der Waals surface area contributed by atoms with Gasteiger partial charge in [-0.2, -0.15) is 0 Å². The predicted octanol–water partition coefficient (Wildman–Crippen LogP) is 2.03. The SMILES string of the molecule is COC(=O)CCCNC(=O)CSc1nc2ccc(C)cc2[nH]1. The summed E-state index contributed by atoms with van der Waals surface area (Å²) in [5.74, 6) is -0.0514. The van der Waals surface area contributed by atoms with Crippen LogP contribution >= 0.6 is 11.8 Å². The van der Waals surface area contributed by atoms with Gasteiger partial charge in [-0.15, -0.1) is 0 Å². The quantitative estimate of drug-likeness (QED) is 0.463. The number of imidazole rings is 1. The minimum atomic E-state index is -0.263. The van der Waals surface area contributed by atoms with E-state index in [0.717, 1.165) is 21.8 Å². The van der Waals surface area contributed by atoms with Crippen LogP contribution in [0.25, 0.3) is 11.0 Å². The molecule has 0 spiro atoms. The third-order valence-corrected chi connectivity index (χ3v) is 3.94. The van der Waals surface area contributed by atoms with Gasteiger partial charge in [0.1, 0.15) is 0 Å². The van der Waals surface area contributed by atoms with Gasteiger partial charge >= 0.3 is 5.97 Å². The molecule has 6 nitrogen and oxygen atoms in total. The highest BCUT2D eigenvalue weighted by Gasteiger charge is 2.07. The summed E-state index contributed by atoms with van der Waals surface area (Å²) in [5.41, 5.74) is 3.03. The number of esters is 1. The van der Waals surface area contributed by atoms with Crippen LogP contribution in [0.3, 0.4) is 0 Å². The number of nitrogens with one attached hydrogen (secondary N) is 2. The van der Waals surface area contributed by atoms with E-state index in [0.29, 0.717) is 19.4 Å². The summed E-state index contributed by atoms with van der Waals surface area (Å²) in [7, 11) is 1.35. The Morgan fingerprint density at radius 3 is 3.00 bits per heavy atom. The molecule has 0 aliphatic carbocycles. The molecule has 2 N–H and O–H groups in total. The predicted molar refractivity (Wildman–Crippen MR) is 85.8 cm³/mol. The molecule has 1 aromatic heterocycles. The summed E-state index contributed by atoms with van der Waals surface area (Å²) in [4.78, 5) is 30.2. The molecule has 2 aromatic rings. The summed E-state index contributed by atoms with van der Waals surface area (Å²) in [6.07, 6.45) is 0.889. The Kier molecular flexibility index (Phi) is 5.83. The van der Waals surface area contributed by atoms with Gasteiger partial charge in [0.05, 0.1) is 23.9 Å². The van der Waals surface area contributed by atoms with Crippen LogP contribution < -0.4 is 5.32 Å². The van der Waals surface area contributed by atoms with E-state index >= 15 is 0 Å². The van der Waals surface area contributed by atoms with Crippen LogP contribution in [0.1, 0.15) is 18.4 Å². The number of fused-ring (bicyclic) bond motifs is 1. The zero-order chi connectivity index (χ0) is 15.9. The van der Waals surface area contributed by atoms with Crippen molar-refractivity contribution < 1.29 is 14.3 Å². The number of nitrogens with zero attached hydrogens (tertiary/aromatic N) is 1. The normalized spacial score (nSPS) is 10.6. The molecule has 118 valence electrons. The maximum absolute atomic E-state index is 11.7. The fourth-order valence-corrected chi connectivity index (χ4v) is 2.63. The molecule has 1 amide bonds. The van der Waals surface area contributed by atoms with Crippen molar-refractivity contribution in [2.45, 2.75) is 24.9 Å². The lowest BCUT2D eigenvalue weighted by molar-refractivity contribution is -0.140. The molecule has 0 saturated heterocycles. The van der Waals surface area contributed by atoms with Crippen molar-refractivity contribution in [1.82, 2.24) is 15.3 Å². The number of carbonyl (C=O) groups excluding carboxylic acids is 2. The number of hydrogen-bond donors (Lipinski definition) is 2. The van der Waals surface area contributed by atoms with Gasteiger partial charge in [0.15, 0.2) is 5.16 Å². The van der Waals surface area contributed by atoms with Crippen LogP contribution in [0, 0.1) is 6.92 Å². The molecule has 0 radical (unpaired) electrons. The molecule has 0 aliphatic rings. The Morgan fingerprint density at radius 2 is 2.23 bits per heavy atom. The number of amides is 1. The number of hydrogen-bond acceptors (Lipinski definition) is 5. The number of aryl methyl sites for hydroxylation is 1. The highest BCUT2D eigenvalue weighted by molar-refractivity contribution is 7.99. The van der Waals surface area contributed by atoms with Gasteiger partial charge in [-0.3, -0.25) is 9.59 Å². The summed E-state index contributed by atoms with van der Waals surface area (Å²) in [5, 5.41) is 3.49. The van der Waals surface area contributed by atoms with Crippen molar-refractivity contribution in [1.29, 1.82) is 0 Å². The standard InChI is InChI=1S/C15H19N3O3S/c1-10-5-6-11-12(8-10)18-15(17-11)22-9-13(19)16-7-3-4-14(20)21-2/h5-6,8H,3-4,7,9H2,1-2H3,(H,16,19)(H,17,18). The Morgan fingerprint density at radius 1 is 1.41 bits per heavy atom. The first-order valence-corrected chi connectivity index (χ1v) is 7.99. The fourth-order valence-electron chi connectivity index (χ4n) is 1.92. The largest absolute Gasteiger partial charge is 0.469 e. The van der Waals surface area contributed by atoms with Crippen molar-refractivity contribution in [2.75, 3.05) is 19.4 Å². The summed E-state index contributed by atoms with van der Waals surface area (Å²) >= 11 is 1.36. The summed E-state index contributed by atoms with van der Waals surface area (Å²) in [6.45, 7) is 2.49. The van der Waals surface area contributed by atoms with Crippen molar-refractivity contribution in [3.63, 3.8) is 0 Å². The molecule has 0 atom stereocenters. The Balaban J connectivity index is 1.74. The Bertz CT molecular complexity index is 669. The van der Waals surface area contributed by atoms with Crippen LogP contribution in [0.4, 0.5) is 0 Å². The number of aromatic nitrogens is 2. The average molecular weight is 321 g/mol. The van der Waals surface area contributed by atoms with Crippen molar-refractivity contribution in [3.05, 3.63) is 23.8 Å². The number of ether oxygens (including phenoxy) is 1. The van der Waals surface area contributed by atoms with E-state index in [9.17, 15) is 9.59 Å². The molecule has 1 heterocycles.